The molecule has 0 rings (SSSR count). The van der Waals surface area contributed by atoms with Gasteiger partial charge < -0.3 is 15.2 Å². The monoisotopic (exact) mass is 288 g/mol. The highest BCUT2D eigenvalue weighted by Crippen LogP contribution is 2.19. The Bertz CT molecular complexity index is 249. The summed E-state index contributed by atoms with van der Waals surface area (Å²) in [5, 5.41) is 13.2. The van der Waals surface area contributed by atoms with E-state index in [2.05, 4.69) is 51.8 Å². The second-order valence-electron chi connectivity index (χ2n) is 6.56. The van der Waals surface area contributed by atoms with Crippen LogP contribution in [0.1, 0.15) is 54.4 Å². The summed E-state index contributed by atoms with van der Waals surface area (Å²) in [6.07, 6.45) is 2.05. The second-order valence-corrected chi connectivity index (χ2v) is 6.56. The van der Waals surface area contributed by atoms with Gasteiger partial charge in [0.2, 0.25) is 0 Å². The van der Waals surface area contributed by atoms with Crippen molar-refractivity contribution in [3.63, 3.8) is 0 Å². The molecule has 4 heteroatoms. The van der Waals surface area contributed by atoms with E-state index in [4.69, 9.17) is 4.74 Å². The quantitative estimate of drug-likeness (QED) is 0.612. The summed E-state index contributed by atoms with van der Waals surface area (Å²) < 4.78 is 5.23. The number of aliphatic hydroxyl groups is 1. The highest BCUT2D eigenvalue weighted by Gasteiger charge is 2.30. The minimum absolute atomic E-state index is 0.161. The number of ether oxygens (including phenoxy) is 1. The van der Waals surface area contributed by atoms with Crippen molar-refractivity contribution < 1.29 is 9.84 Å². The van der Waals surface area contributed by atoms with Crippen LogP contribution in [0.5, 0.6) is 0 Å². The Morgan fingerprint density at radius 1 is 1.20 bits per heavy atom. The molecule has 0 fully saturated rings. The molecule has 4 nitrogen and oxygen atoms in total. The lowest BCUT2D eigenvalue weighted by Crippen LogP contribution is -2.54. The lowest BCUT2D eigenvalue weighted by atomic mass is 9.92. The molecule has 20 heavy (non-hydrogen) atoms. The van der Waals surface area contributed by atoms with Crippen molar-refractivity contribution in [1.29, 1.82) is 0 Å². The molecule has 0 radical (unpaired) electrons. The molecular weight excluding hydrogens is 252 g/mol. The van der Waals surface area contributed by atoms with Gasteiger partial charge in [0, 0.05) is 37.3 Å². The molecule has 2 N–H and O–H groups in total. The Kier molecular flexibility index (Phi) is 9.64. The fourth-order valence-electron chi connectivity index (χ4n) is 2.94. The first-order chi connectivity index (χ1) is 9.29. The van der Waals surface area contributed by atoms with Crippen LogP contribution in [0.2, 0.25) is 0 Å². The Balaban J connectivity index is 4.73. The number of methoxy groups -OCH3 is 1. The third-order valence-electron chi connectivity index (χ3n) is 4.01. The van der Waals surface area contributed by atoms with Crippen molar-refractivity contribution in [3.05, 3.63) is 0 Å². The van der Waals surface area contributed by atoms with Gasteiger partial charge in [0.25, 0.3) is 0 Å². The SMILES string of the molecule is CCC(C)N(CCOC)C(C)CC(C)(CO)NC(C)C. The van der Waals surface area contributed by atoms with Crippen molar-refractivity contribution in [2.24, 2.45) is 0 Å². The highest BCUT2D eigenvalue weighted by molar-refractivity contribution is 4.89. The zero-order valence-electron chi connectivity index (χ0n) is 14.6. The van der Waals surface area contributed by atoms with E-state index in [-0.39, 0.29) is 12.1 Å². The molecule has 0 aromatic carbocycles. The van der Waals surface area contributed by atoms with E-state index in [0.29, 0.717) is 18.1 Å². The summed E-state index contributed by atoms with van der Waals surface area (Å²) in [4.78, 5) is 2.49. The largest absolute Gasteiger partial charge is 0.394 e. The molecule has 0 aromatic heterocycles. The third-order valence-corrected chi connectivity index (χ3v) is 4.01. The molecule has 0 saturated carbocycles. The Morgan fingerprint density at radius 3 is 2.20 bits per heavy atom. The van der Waals surface area contributed by atoms with Crippen LogP contribution >= 0.6 is 0 Å². The smallest absolute Gasteiger partial charge is 0.0611 e. The molecule has 0 aliphatic rings. The van der Waals surface area contributed by atoms with E-state index in [1.165, 1.54) is 0 Å². The molecular formula is C16H36N2O2. The van der Waals surface area contributed by atoms with E-state index >= 15 is 0 Å². The lowest BCUT2D eigenvalue weighted by molar-refractivity contribution is 0.0629. The highest BCUT2D eigenvalue weighted by atomic mass is 16.5. The standard InChI is InChI=1S/C16H36N2O2/c1-8-14(4)18(9-10-20-7)15(5)11-16(6,12-19)17-13(2)3/h13-15,17,19H,8-12H2,1-7H3. The molecule has 0 heterocycles. The molecule has 0 aliphatic heterocycles. The molecule has 0 amide bonds. The Labute approximate surface area is 125 Å². The van der Waals surface area contributed by atoms with Crippen LogP contribution in [0, 0.1) is 0 Å². The number of hydrogen-bond acceptors (Lipinski definition) is 4. The number of nitrogens with one attached hydrogen (secondary N) is 1. The first-order valence-electron chi connectivity index (χ1n) is 7.92. The van der Waals surface area contributed by atoms with Gasteiger partial charge in [0.1, 0.15) is 0 Å². The number of nitrogens with zero attached hydrogens (tertiary/aromatic N) is 1. The maximum absolute atomic E-state index is 9.73. The van der Waals surface area contributed by atoms with Crippen LogP contribution in [-0.4, -0.2) is 60.5 Å². The molecule has 3 atom stereocenters. The molecule has 0 bridgehead atoms. The molecule has 0 spiro atoms. The van der Waals surface area contributed by atoms with Gasteiger partial charge >= 0.3 is 0 Å². The van der Waals surface area contributed by atoms with E-state index in [9.17, 15) is 5.11 Å². The predicted octanol–water partition coefficient (Wildman–Crippen LogP) is 2.26. The van der Waals surface area contributed by atoms with E-state index in [0.717, 1.165) is 26.0 Å². The molecule has 3 unspecified atom stereocenters. The zero-order chi connectivity index (χ0) is 15.8. The van der Waals surface area contributed by atoms with Crippen LogP contribution < -0.4 is 5.32 Å². The number of hydrogen-bond donors (Lipinski definition) is 2. The summed E-state index contributed by atoms with van der Waals surface area (Å²) in [5.41, 5.74) is -0.230. The summed E-state index contributed by atoms with van der Waals surface area (Å²) in [6.45, 7) is 14.9. The average molecular weight is 288 g/mol. The summed E-state index contributed by atoms with van der Waals surface area (Å²) in [7, 11) is 1.75. The molecule has 122 valence electrons. The lowest BCUT2D eigenvalue weighted by Gasteiger charge is -2.40. The van der Waals surface area contributed by atoms with E-state index in [1.807, 2.05) is 0 Å². The molecule has 0 aliphatic carbocycles. The third kappa shape index (κ3) is 7.02. The number of rotatable bonds is 11. The van der Waals surface area contributed by atoms with Gasteiger partial charge in [-0.1, -0.05) is 20.8 Å². The van der Waals surface area contributed by atoms with Gasteiger partial charge in [-0.3, -0.25) is 4.90 Å². The molecule has 0 aromatic rings. The van der Waals surface area contributed by atoms with Gasteiger partial charge in [0.15, 0.2) is 0 Å². The minimum atomic E-state index is -0.230. The van der Waals surface area contributed by atoms with E-state index < -0.39 is 0 Å². The first-order valence-corrected chi connectivity index (χ1v) is 7.92. The van der Waals surface area contributed by atoms with Crippen LogP contribution in [0.15, 0.2) is 0 Å². The predicted molar refractivity (Wildman–Crippen MR) is 86.2 cm³/mol. The van der Waals surface area contributed by atoms with Crippen molar-refractivity contribution in [3.8, 4) is 0 Å². The van der Waals surface area contributed by atoms with Crippen molar-refractivity contribution in [2.75, 3.05) is 26.9 Å². The van der Waals surface area contributed by atoms with Gasteiger partial charge in [-0.05, 0) is 33.6 Å². The van der Waals surface area contributed by atoms with Crippen molar-refractivity contribution in [1.82, 2.24) is 10.2 Å². The van der Waals surface area contributed by atoms with Gasteiger partial charge in [0.05, 0.1) is 13.2 Å². The van der Waals surface area contributed by atoms with Crippen LogP contribution in [0.3, 0.4) is 0 Å². The normalized spacial score (nSPS) is 18.3. The van der Waals surface area contributed by atoms with Crippen LogP contribution in [0.25, 0.3) is 0 Å². The summed E-state index contributed by atoms with van der Waals surface area (Å²) >= 11 is 0. The molecule has 0 saturated heterocycles. The minimum Gasteiger partial charge on any atom is -0.394 e. The first kappa shape index (κ1) is 19.8. The average Bonchev–Trinajstić information content (AvgIpc) is 2.37. The number of aliphatic hydroxyl groups excluding tert-OH is 1. The van der Waals surface area contributed by atoms with Gasteiger partial charge in [-0.15, -0.1) is 0 Å². The second kappa shape index (κ2) is 9.72. The van der Waals surface area contributed by atoms with Crippen molar-refractivity contribution in [2.45, 2.75) is 78.0 Å². The maximum Gasteiger partial charge on any atom is 0.0611 e. The topological polar surface area (TPSA) is 44.7 Å². The van der Waals surface area contributed by atoms with Gasteiger partial charge in [-0.2, -0.15) is 0 Å². The van der Waals surface area contributed by atoms with Crippen LogP contribution in [0.4, 0.5) is 0 Å². The maximum atomic E-state index is 9.73. The Hall–Kier alpha value is -0.160. The fourth-order valence-corrected chi connectivity index (χ4v) is 2.94. The fraction of sp³-hybridized carbons (Fsp3) is 1.00. The van der Waals surface area contributed by atoms with Crippen LogP contribution in [-0.2, 0) is 4.74 Å². The van der Waals surface area contributed by atoms with Gasteiger partial charge in [-0.25, -0.2) is 0 Å². The Morgan fingerprint density at radius 2 is 1.80 bits per heavy atom. The zero-order valence-corrected chi connectivity index (χ0v) is 14.6. The summed E-state index contributed by atoms with van der Waals surface area (Å²) in [5.74, 6) is 0. The summed E-state index contributed by atoms with van der Waals surface area (Å²) in [6, 6.07) is 1.31. The van der Waals surface area contributed by atoms with E-state index in [1.54, 1.807) is 7.11 Å². The van der Waals surface area contributed by atoms with Crippen molar-refractivity contribution >= 4 is 0 Å².